The lowest BCUT2D eigenvalue weighted by atomic mass is 10.2. The van der Waals surface area contributed by atoms with Crippen LogP contribution in [0.2, 0.25) is 0 Å². The highest BCUT2D eigenvalue weighted by molar-refractivity contribution is 5.78. The van der Waals surface area contributed by atoms with Crippen molar-refractivity contribution in [1.29, 1.82) is 0 Å². The van der Waals surface area contributed by atoms with E-state index in [-0.39, 0.29) is 19.2 Å². The van der Waals surface area contributed by atoms with E-state index in [1.54, 1.807) is 0 Å². The molecule has 5 heteroatoms. The molecule has 0 radical (unpaired) electrons. The largest absolute Gasteiger partial charge is 0.454 e. The summed E-state index contributed by atoms with van der Waals surface area (Å²) in [6.07, 6.45) is 5.11. The van der Waals surface area contributed by atoms with E-state index < -0.39 is 0 Å². The van der Waals surface area contributed by atoms with Gasteiger partial charge in [0, 0.05) is 6.54 Å². The van der Waals surface area contributed by atoms with Gasteiger partial charge < -0.3 is 14.8 Å². The first-order valence-electron chi connectivity index (χ1n) is 6.54. The molecule has 0 aliphatic carbocycles. The number of fused-ring (bicyclic) bond motifs is 1. The molecule has 0 fully saturated rings. The van der Waals surface area contributed by atoms with Crippen LogP contribution in [0.1, 0.15) is 12.5 Å². The van der Waals surface area contributed by atoms with Gasteiger partial charge in [-0.15, -0.1) is 6.42 Å². The molecule has 1 N–H and O–H groups in total. The second-order valence-corrected chi connectivity index (χ2v) is 4.47. The Morgan fingerprint density at radius 1 is 1.45 bits per heavy atom. The van der Waals surface area contributed by atoms with Gasteiger partial charge in [0.15, 0.2) is 11.5 Å². The number of benzene rings is 1. The Balaban J connectivity index is 1.93. The molecular weight excluding hydrogens is 256 g/mol. The number of amides is 1. The van der Waals surface area contributed by atoms with E-state index in [0.717, 1.165) is 23.6 Å². The standard InChI is InChI=1S/C15H18N2O3/c1-3-7-16-15(18)10-17(4-2)9-12-5-6-13-14(8-12)20-11-19-13/h1,5-6,8H,4,7,9-11H2,2H3,(H,16,18). The predicted molar refractivity (Wildman–Crippen MR) is 75.4 cm³/mol. The molecule has 106 valence electrons. The fourth-order valence-electron chi connectivity index (χ4n) is 1.99. The highest BCUT2D eigenvalue weighted by Crippen LogP contribution is 2.32. The third-order valence-corrected chi connectivity index (χ3v) is 3.05. The summed E-state index contributed by atoms with van der Waals surface area (Å²) in [6.45, 7) is 4.33. The van der Waals surface area contributed by atoms with Gasteiger partial charge in [0.2, 0.25) is 12.7 Å². The molecule has 0 unspecified atom stereocenters. The molecule has 1 aliphatic heterocycles. The summed E-state index contributed by atoms with van der Waals surface area (Å²) in [5.74, 6) is 3.85. The van der Waals surface area contributed by atoms with E-state index in [0.29, 0.717) is 13.1 Å². The van der Waals surface area contributed by atoms with E-state index in [9.17, 15) is 4.79 Å². The summed E-state index contributed by atoms with van der Waals surface area (Å²) >= 11 is 0. The molecule has 0 saturated heterocycles. The molecule has 1 heterocycles. The van der Waals surface area contributed by atoms with Crippen molar-refractivity contribution < 1.29 is 14.3 Å². The number of hydrogen-bond acceptors (Lipinski definition) is 4. The number of nitrogens with zero attached hydrogens (tertiary/aromatic N) is 1. The Morgan fingerprint density at radius 3 is 3.00 bits per heavy atom. The van der Waals surface area contributed by atoms with Crippen LogP contribution in [0.5, 0.6) is 11.5 Å². The van der Waals surface area contributed by atoms with Crippen molar-refractivity contribution in [2.24, 2.45) is 0 Å². The third kappa shape index (κ3) is 3.65. The summed E-state index contributed by atoms with van der Waals surface area (Å²) < 4.78 is 10.6. The molecule has 0 spiro atoms. The minimum Gasteiger partial charge on any atom is -0.454 e. The predicted octanol–water partition coefficient (Wildman–Crippen LogP) is 0.987. The molecule has 1 amide bonds. The Morgan fingerprint density at radius 2 is 2.25 bits per heavy atom. The lowest BCUT2D eigenvalue weighted by molar-refractivity contribution is -0.122. The molecule has 1 aliphatic rings. The second-order valence-electron chi connectivity index (χ2n) is 4.47. The van der Waals surface area contributed by atoms with Crippen molar-refractivity contribution in [3.63, 3.8) is 0 Å². The highest BCUT2D eigenvalue weighted by atomic mass is 16.7. The zero-order valence-corrected chi connectivity index (χ0v) is 11.5. The fraction of sp³-hybridized carbons (Fsp3) is 0.400. The van der Waals surface area contributed by atoms with Crippen LogP contribution in [0.25, 0.3) is 0 Å². The van der Waals surface area contributed by atoms with Crippen LogP contribution >= 0.6 is 0 Å². The van der Waals surface area contributed by atoms with Crippen molar-refractivity contribution in [2.75, 3.05) is 26.4 Å². The zero-order chi connectivity index (χ0) is 14.4. The molecule has 1 aromatic rings. The minimum absolute atomic E-state index is 0.0643. The SMILES string of the molecule is C#CCNC(=O)CN(CC)Cc1ccc2c(c1)OCO2. The van der Waals surface area contributed by atoms with Gasteiger partial charge in [0.05, 0.1) is 13.1 Å². The quantitative estimate of drug-likeness (QED) is 0.786. The van der Waals surface area contributed by atoms with E-state index in [1.807, 2.05) is 30.0 Å². The normalized spacial score (nSPS) is 12.2. The Labute approximate surface area is 118 Å². The third-order valence-electron chi connectivity index (χ3n) is 3.05. The average molecular weight is 274 g/mol. The number of likely N-dealkylation sites (N-methyl/N-ethyl adjacent to an activating group) is 1. The summed E-state index contributed by atoms with van der Waals surface area (Å²) in [6, 6.07) is 5.82. The molecular formula is C15H18N2O3. The van der Waals surface area contributed by atoms with Gasteiger partial charge in [-0.1, -0.05) is 18.9 Å². The maximum Gasteiger partial charge on any atom is 0.234 e. The van der Waals surface area contributed by atoms with Gasteiger partial charge in [-0.25, -0.2) is 0 Å². The van der Waals surface area contributed by atoms with Crippen LogP contribution < -0.4 is 14.8 Å². The smallest absolute Gasteiger partial charge is 0.234 e. The van der Waals surface area contributed by atoms with Gasteiger partial charge in [-0.3, -0.25) is 9.69 Å². The molecule has 1 aromatic carbocycles. The minimum atomic E-state index is -0.0643. The van der Waals surface area contributed by atoms with Crippen LogP contribution in [0.4, 0.5) is 0 Å². The Hall–Kier alpha value is -2.19. The van der Waals surface area contributed by atoms with Crippen LogP contribution in [-0.2, 0) is 11.3 Å². The van der Waals surface area contributed by atoms with Crippen molar-refractivity contribution in [2.45, 2.75) is 13.5 Å². The first-order valence-corrected chi connectivity index (χ1v) is 6.54. The lowest BCUT2D eigenvalue weighted by Gasteiger charge is -2.19. The number of nitrogens with one attached hydrogen (secondary N) is 1. The number of rotatable bonds is 6. The van der Waals surface area contributed by atoms with Crippen molar-refractivity contribution in [3.8, 4) is 23.8 Å². The van der Waals surface area contributed by atoms with E-state index in [4.69, 9.17) is 15.9 Å². The fourth-order valence-corrected chi connectivity index (χ4v) is 1.99. The number of carbonyl (C=O) groups excluding carboxylic acids is 1. The second kappa shape index (κ2) is 6.83. The zero-order valence-electron chi connectivity index (χ0n) is 11.5. The lowest BCUT2D eigenvalue weighted by Crippen LogP contribution is -2.36. The molecule has 0 bridgehead atoms. The average Bonchev–Trinajstić information content (AvgIpc) is 2.91. The summed E-state index contributed by atoms with van der Waals surface area (Å²) in [7, 11) is 0. The number of carbonyl (C=O) groups is 1. The highest BCUT2D eigenvalue weighted by Gasteiger charge is 2.15. The van der Waals surface area contributed by atoms with E-state index in [1.165, 1.54) is 0 Å². The molecule has 0 atom stereocenters. The Bertz CT molecular complexity index is 522. The monoisotopic (exact) mass is 274 g/mol. The molecule has 0 aromatic heterocycles. The number of ether oxygens (including phenoxy) is 2. The topological polar surface area (TPSA) is 50.8 Å². The van der Waals surface area contributed by atoms with Gasteiger partial charge in [-0.2, -0.15) is 0 Å². The van der Waals surface area contributed by atoms with Gasteiger partial charge in [0.25, 0.3) is 0 Å². The van der Waals surface area contributed by atoms with Crippen LogP contribution in [0, 0.1) is 12.3 Å². The van der Waals surface area contributed by atoms with Gasteiger partial charge in [0.1, 0.15) is 0 Å². The van der Waals surface area contributed by atoms with Crippen molar-refractivity contribution in [3.05, 3.63) is 23.8 Å². The van der Waals surface area contributed by atoms with Gasteiger partial charge in [-0.05, 0) is 24.2 Å². The molecule has 20 heavy (non-hydrogen) atoms. The maximum absolute atomic E-state index is 11.7. The van der Waals surface area contributed by atoms with Gasteiger partial charge >= 0.3 is 0 Å². The maximum atomic E-state index is 11.7. The number of terminal acetylenes is 1. The summed E-state index contributed by atoms with van der Waals surface area (Å²) in [4.78, 5) is 13.7. The molecule has 0 saturated carbocycles. The molecule has 5 nitrogen and oxygen atoms in total. The molecule has 2 rings (SSSR count). The first kappa shape index (κ1) is 14.2. The van der Waals surface area contributed by atoms with Crippen molar-refractivity contribution in [1.82, 2.24) is 10.2 Å². The Kier molecular flexibility index (Phi) is 4.85. The van der Waals surface area contributed by atoms with Crippen LogP contribution in [-0.4, -0.2) is 37.2 Å². The number of hydrogen-bond donors (Lipinski definition) is 1. The summed E-state index contributed by atoms with van der Waals surface area (Å²) in [5, 5.41) is 2.66. The van der Waals surface area contributed by atoms with E-state index >= 15 is 0 Å². The van der Waals surface area contributed by atoms with Crippen LogP contribution in [0.15, 0.2) is 18.2 Å². The van der Waals surface area contributed by atoms with E-state index in [2.05, 4.69) is 11.2 Å². The van der Waals surface area contributed by atoms with Crippen LogP contribution in [0.3, 0.4) is 0 Å². The first-order chi connectivity index (χ1) is 9.72. The van der Waals surface area contributed by atoms with Crippen molar-refractivity contribution >= 4 is 5.91 Å². The summed E-state index contributed by atoms with van der Waals surface area (Å²) in [5.41, 5.74) is 1.08.